The average Bonchev–Trinajstić information content (AvgIpc) is 2.61. The minimum atomic E-state index is 0.286. The van der Waals surface area contributed by atoms with E-state index in [0.717, 1.165) is 11.5 Å². The summed E-state index contributed by atoms with van der Waals surface area (Å²) < 4.78 is 0. The van der Waals surface area contributed by atoms with Crippen LogP contribution in [0.2, 0.25) is 0 Å². The number of hydrogen-bond acceptors (Lipinski definition) is 5. The zero-order valence-electron chi connectivity index (χ0n) is 13.9. The predicted molar refractivity (Wildman–Crippen MR) is 97.3 cm³/mol. The third-order valence-corrected chi connectivity index (χ3v) is 3.48. The molecule has 122 valence electrons. The molecule has 2 aromatic carbocycles. The number of anilines is 3. The third-order valence-electron chi connectivity index (χ3n) is 3.48. The van der Waals surface area contributed by atoms with Crippen LogP contribution in [0.25, 0.3) is 0 Å². The first-order valence-corrected chi connectivity index (χ1v) is 8.05. The van der Waals surface area contributed by atoms with Gasteiger partial charge in [0.25, 0.3) is 5.95 Å². The number of nitrogens with one attached hydrogen (secondary N) is 1. The van der Waals surface area contributed by atoms with Crippen molar-refractivity contribution in [3.63, 3.8) is 0 Å². The Hall–Kier alpha value is -2.95. The topological polar surface area (TPSA) is 53.9 Å². The summed E-state index contributed by atoms with van der Waals surface area (Å²) in [5, 5.41) is 11.6. The van der Waals surface area contributed by atoms with Gasteiger partial charge in [-0.1, -0.05) is 48.5 Å². The number of nitrogens with zero attached hydrogens (tertiary/aromatic N) is 4. The predicted octanol–water partition coefficient (Wildman–Crippen LogP) is 4.03. The molecular formula is C19H21N5. The maximum Gasteiger partial charge on any atom is 0.252 e. The van der Waals surface area contributed by atoms with Crippen molar-refractivity contribution in [2.24, 2.45) is 0 Å². The van der Waals surface area contributed by atoms with Gasteiger partial charge in [0.2, 0.25) is 0 Å². The van der Waals surface area contributed by atoms with E-state index in [-0.39, 0.29) is 6.04 Å². The van der Waals surface area contributed by atoms with Crippen molar-refractivity contribution in [3.05, 3.63) is 72.4 Å². The van der Waals surface area contributed by atoms with E-state index >= 15 is 0 Å². The molecule has 0 spiro atoms. The molecule has 5 nitrogen and oxygen atoms in total. The van der Waals surface area contributed by atoms with Crippen LogP contribution in [0, 0.1) is 0 Å². The van der Waals surface area contributed by atoms with Gasteiger partial charge in [-0.3, -0.25) is 0 Å². The smallest absolute Gasteiger partial charge is 0.252 e. The van der Waals surface area contributed by atoms with Crippen molar-refractivity contribution in [2.45, 2.75) is 26.4 Å². The molecule has 0 bridgehead atoms. The van der Waals surface area contributed by atoms with E-state index in [9.17, 15) is 0 Å². The molecule has 0 amide bonds. The van der Waals surface area contributed by atoms with E-state index in [4.69, 9.17) is 0 Å². The van der Waals surface area contributed by atoms with Crippen LogP contribution in [-0.4, -0.2) is 21.2 Å². The normalized spacial score (nSPS) is 10.6. The Morgan fingerprint density at radius 2 is 1.62 bits per heavy atom. The monoisotopic (exact) mass is 319 g/mol. The molecule has 3 rings (SSSR count). The Morgan fingerprint density at radius 3 is 2.29 bits per heavy atom. The fraction of sp³-hybridized carbons (Fsp3) is 0.211. The van der Waals surface area contributed by atoms with E-state index in [0.29, 0.717) is 12.5 Å². The molecule has 0 atom stereocenters. The summed E-state index contributed by atoms with van der Waals surface area (Å²) in [4.78, 5) is 6.69. The third kappa shape index (κ3) is 4.07. The fourth-order valence-corrected chi connectivity index (χ4v) is 2.43. The summed E-state index contributed by atoms with van der Waals surface area (Å²) in [6.45, 7) is 4.82. The molecule has 0 aliphatic carbocycles. The first-order chi connectivity index (χ1) is 11.7. The average molecular weight is 319 g/mol. The molecule has 5 heteroatoms. The van der Waals surface area contributed by atoms with Gasteiger partial charge in [-0.05, 0) is 31.5 Å². The molecule has 0 radical (unpaired) electrons. The summed E-state index contributed by atoms with van der Waals surface area (Å²) in [7, 11) is 0. The first-order valence-electron chi connectivity index (χ1n) is 8.05. The van der Waals surface area contributed by atoms with Gasteiger partial charge in [0.05, 0.1) is 12.7 Å². The Morgan fingerprint density at radius 1 is 0.958 bits per heavy atom. The maximum atomic E-state index is 4.63. The molecule has 0 aliphatic rings. The minimum absolute atomic E-state index is 0.286. The van der Waals surface area contributed by atoms with Crippen molar-refractivity contribution in [1.29, 1.82) is 0 Å². The SMILES string of the molecule is CC(C)Nc1cnnc(N(Cc2ccccc2)c2ccccc2)n1. The van der Waals surface area contributed by atoms with Crippen LogP contribution < -0.4 is 10.2 Å². The second-order valence-corrected chi connectivity index (χ2v) is 5.85. The Labute approximate surface area is 142 Å². The highest BCUT2D eigenvalue weighted by Crippen LogP contribution is 2.24. The standard InChI is InChI=1S/C19H21N5/c1-15(2)21-18-13-20-23-19(22-18)24(17-11-7-4-8-12-17)14-16-9-5-3-6-10-16/h3-13,15H,14H2,1-2H3,(H,21,22,23). The lowest BCUT2D eigenvalue weighted by atomic mass is 10.2. The molecule has 1 aromatic heterocycles. The van der Waals surface area contributed by atoms with Gasteiger partial charge in [0.15, 0.2) is 5.82 Å². The van der Waals surface area contributed by atoms with E-state index in [1.807, 2.05) is 36.4 Å². The highest BCUT2D eigenvalue weighted by atomic mass is 15.3. The lowest BCUT2D eigenvalue weighted by Crippen LogP contribution is -2.21. The van der Waals surface area contributed by atoms with Gasteiger partial charge in [-0.2, -0.15) is 10.1 Å². The molecular weight excluding hydrogens is 298 g/mol. The first kappa shape index (κ1) is 15.9. The zero-order valence-corrected chi connectivity index (χ0v) is 13.9. The number of aromatic nitrogens is 3. The lowest BCUT2D eigenvalue weighted by Gasteiger charge is -2.23. The van der Waals surface area contributed by atoms with Crippen LogP contribution in [0.4, 0.5) is 17.5 Å². The Kier molecular flexibility index (Phi) is 5.01. The summed E-state index contributed by atoms with van der Waals surface area (Å²) in [6.07, 6.45) is 1.65. The van der Waals surface area contributed by atoms with Crippen molar-refractivity contribution in [3.8, 4) is 0 Å². The van der Waals surface area contributed by atoms with Crippen LogP contribution >= 0.6 is 0 Å². The summed E-state index contributed by atoms with van der Waals surface area (Å²) in [5.74, 6) is 1.31. The Bertz CT molecular complexity index is 759. The maximum absolute atomic E-state index is 4.63. The summed E-state index contributed by atoms with van der Waals surface area (Å²) in [6, 6.07) is 20.7. The second kappa shape index (κ2) is 7.55. The number of hydrogen-bond donors (Lipinski definition) is 1. The van der Waals surface area contributed by atoms with Gasteiger partial charge < -0.3 is 10.2 Å². The van der Waals surface area contributed by atoms with Crippen molar-refractivity contribution in [1.82, 2.24) is 15.2 Å². The largest absolute Gasteiger partial charge is 0.366 e. The van der Waals surface area contributed by atoms with E-state index < -0.39 is 0 Å². The fourth-order valence-electron chi connectivity index (χ4n) is 2.43. The van der Waals surface area contributed by atoms with Crippen LogP contribution in [-0.2, 0) is 6.54 Å². The quantitative estimate of drug-likeness (QED) is 0.743. The summed E-state index contributed by atoms with van der Waals surface area (Å²) in [5.41, 5.74) is 2.22. The lowest BCUT2D eigenvalue weighted by molar-refractivity contribution is 0.839. The van der Waals surface area contributed by atoms with Crippen LogP contribution in [0.3, 0.4) is 0 Å². The highest BCUT2D eigenvalue weighted by molar-refractivity contribution is 5.58. The Balaban J connectivity index is 1.95. The van der Waals surface area contributed by atoms with E-state index in [2.05, 4.69) is 63.5 Å². The van der Waals surface area contributed by atoms with E-state index in [1.165, 1.54) is 5.56 Å². The van der Waals surface area contributed by atoms with Gasteiger partial charge in [-0.25, -0.2) is 0 Å². The molecule has 1 N–H and O–H groups in total. The molecule has 0 aliphatic heterocycles. The van der Waals surface area contributed by atoms with Crippen molar-refractivity contribution >= 4 is 17.5 Å². The van der Waals surface area contributed by atoms with Crippen LogP contribution in [0.5, 0.6) is 0 Å². The van der Waals surface area contributed by atoms with E-state index in [1.54, 1.807) is 6.20 Å². The zero-order chi connectivity index (χ0) is 16.8. The second-order valence-electron chi connectivity index (χ2n) is 5.85. The van der Waals surface area contributed by atoms with Crippen molar-refractivity contribution < 1.29 is 0 Å². The molecule has 1 heterocycles. The molecule has 0 saturated carbocycles. The number of rotatable bonds is 6. The molecule has 0 saturated heterocycles. The number of para-hydroxylation sites is 1. The van der Waals surface area contributed by atoms with Gasteiger partial charge in [-0.15, -0.1) is 5.10 Å². The number of benzene rings is 2. The van der Waals surface area contributed by atoms with Gasteiger partial charge >= 0.3 is 0 Å². The van der Waals surface area contributed by atoms with Crippen LogP contribution in [0.15, 0.2) is 66.9 Å². The summed E-state index contributed by atoms with van der Waals surface area (Å²) >= 11 is 0. The highest BCUT2D eigenvalue weighted by Gasteiger charge is 2.14. The van der Waals surface area contributed by atoms with Gasteiger partial charge in [0, 0.05) is 11.7 Å². The minimum Gasteiger partial charge on any atom is -0.366 e. The molecule has 3 aromatic rings. The molecule has 0 unspecified atom stereocenters. The van der Waals surface area contributed by atoms with Crippen LogP contribution in [0.1, 0.15) is 19.4 Å². The van der Waals surface area contributed by atoms with Gasteiger partial charge in [0.1, 0.15) is 0 Å². The molecule has 24 heavy (non-hydrogen) atoms. The van der Waals surface area contributed by atoms with Crippen molar-refractivity contribution in [2.75, 3.05) is 10.2 Å². The molecule has 0 fully saturated rings.